The van der Waals surface area contributed by atoms with E-state index >= 15 is 0 Å². The lowest BCUT2D eigenvalue weighted by Crippen LogP contribution is -2.36. The smallest absolute Gasteiger partial charge is 0.306 e. The van der Waals surface area contributed by atoms with Crippen LogP contribution in [0.3, 0.4) is 0 Å². The summed E-state index contributed by atoms with van der Waals surface area (Å²) in [5.41, 5.74) is 1.44. The Morgan fingerprint density at radius 1 is 1.36 bits per heavy atom. The van der Waals surface area contributed by atoms with Crippen LogP contribution in [0.5, 0.6) is 0 Å². The van der Waals surface area contributed by atoms with E-state index in [1.807, 2.05) is 11.6 Å². The SMILES string of the molecule is Cn1c(CCNC(=O)C2CCCC(C(=O)O)C2)nc2ccc(F)cc21. The Balaban J connectivity index is 1.57. The molecule has 2 atom stereocenters. The molecule has 1 aliphatic rings. The molecule has 0 aliphatic heterocycles. The Morgan fingerprint density at radius 3 is 2.88 bits per heavy atom. The van der Waals surface area contributed by atoms with Gasteiger partial charge in [0.2, 0.25) is 5.91 Å². The van der Waals surface area contributed by atoms with Crippen molar-refractivity contribution < 1.29 is 19.1 Å². The molecule has 3 rings (SSSR count). The van der Waals surface area contributed by atoms with E-state index in [0.29, 0.717) is 25.8 Å². The highest BCUT2D eigenvalue weighted by atomic mass is 19.1. The molecule has 7 heteroatoms. The van der Waals surface area contributed by atoms with Crippen LogP contribution >= 0.6 is 0 Å². The fraction of sp³-hybridized carbons (Fsp3) is 0.500. The van der Waals surface area contributed by atoms with Crippen LogP contribution < -0.4 is 5.32 Å². The molecule has 1 aromatic heterocycles. The Hall–Kier alpha value is -2.44. The van der Waals surface area contributed by atoms with Crippen molar-refractivity contribution in [2.45, 2.75) is 32.1 Å². The van der Waals surface area contributed by atoms with E-state index in [2.05, 4.69) is 10.3 Å². The quantitative estimate of drug-likeness (QED) is 0.869. The highest BCUT2D eigenvalue weighted by Gasteiger charge is 2.30. The van der Waals surface area contributed by atoms with Gasteiger partial charge in [-0.15, -0.1) is 0 Å². The molecular formula is C18H22FN3O3. The number of carboxylic acids is 1. The monoisotopic (exact) mass is 347 g/mol. The largest absolute Gasteiger partial charge is 0.481 e. The highest BCUT2D eigenvalue weighted by molar-refractivity contribution is 5.80. The second kappa shape index (κ2) is 7.21. The van der Waals surface area contributed by atoms with Crippen molar-refractivity contribution in [1.82, 2.24) is 14.9 Å². The number of imidazole rings is 1. The molecular weight excluding hydrogens is 325 g/mol. The molecule has 1 amide bonds. The van der Waals surface area contributed by atoms with E-state index in [1.165, 1.54) is 12.1 Å². The van der Waals surface area contributed by atoms with Gasteiger partial charge in [0.25, 0.3) is 0 Å². The van der Waals surface area contributed by atoms with E-state index < -0.39 is 11.9 Å². The average Bonchev–Trinajstić information content (AvgIpc) is 2.91. The molecule has 0 bridgehead atoms. The molecule has 1 heterocycles. The van der Waals surface area contributed by atoms with E-state index in [4.69, 9.17) is 5.11 Å². The Labute approximate surface area is 145 Å². The van der Waals surface area contributed by atoms with E-state index in [9.17, 15) is 14.0 Å². The van der Waals surface area contributed by atoms with Gasteiger partial charge in [-0.05, 0) is 37.5 Å². The number of aliphatic carboxylic acids is 1. The van der Waals surface area contributed by atoms with E-state index in [1.54, 1.807) is 6.07 Å². The maximum atomic E-state index is 13.3. The first-order valence-corrected chi connectivity index (χ1v) is 8.57. The van der Waals surface area contributed by atoms with Crippen LogP contribution in [0.25, 0.3) is 11.0 Å². The van der Waals surface area contributed by atoms with Gasteiger partial charge in [0.1, 0.15) is 11.6 Å². The molecule has 1 fully saturated rings. The summed E-state index contributed by atoms with van der Waals surface area (Å²) in [5.74, 6) is -1.09. The summed E-state index contributed by atoms with van der Waals surface area (Å²) < 4.78 is 15.2. The number of aromatic nitrogens is 2. The first kappa shape index (κ1) is 17.4. The van der Waals surface area contributed by atoms with Gasteiger partial charge < -0.3 is 15.0 Å². The van der Waals surface area contributed by atoms with Crippen LogP contribution in [-0.2, 0) is 23.1 Å². The number of amides is 1. The third-order valence-electron chi connectivity index (χ3n) is 4.98. The minimum absolute atomic E-state index is 0.0873. The molecule has 0 radical (unpaired) electrons. The number of hydrogen-bond acceptors (Lipinski definition) is 3. The summed E-state index contributed by atoms with van der Waals surface area (Å²) in [5, 5.41) is 12.0. The first-order chi connectivity index (χ1) is 12.0. The standard InChI is InChI=1S/C18H22FN3O3/c1-22-15-10-13(19)5-6-14(15)21-16(22)7-8-20-17(23)11-3-2-4-12(9-11)18(24)25/h5-6,10-12H,2-4,7-9H2,1H3,(H,20,23)(H,24,25). The number of nitrogens with zero attached hydrogens (tertiary/aromatic N) is 2. The second-order valence-corrected chi connectivity index (χ2v) is 6.66. The number of carboxylic acid groups (broad SMARTS) is 1. The summed E-state index contributed by atoms with van der Waals surface area (Å²) >= 11 is 0. The molecule has 2 unspecified atom stereocenters. The van der Waals surface area contributed by atoms with Crippen LogP contribution in [0.4, 0.5) is 4.39 Å². The number of benzene rings is 1. The first-order valence-electron chi connectivity index (χ1n) is 8.57. The van der Waals surface area contributed by atoms with Gasteiger partial charge in [0.15, 0.2) is 0 Å². The lowest BCUT2D eigenvalue weighted by atomic mass is 9.81. The van der Waals surface area contributed by atoms with Crippen molar-refractivity contribution in [1.29, 1.82) is 0 Å². The molecule has 1 aliphatic carbocycles. The van der Waals surface area contributed by atoms with Crippen molar-refractivity contribution in [3.8, 4) is 0 Å². The Bertz CT molecular complexity index is 802. The van der Waals surface area contributed by atoms with Crippen molar-refractivity contribution in [3.05, 3.63) is 29.8 Å². The van der Waals surface area contributed by atoms with Gasteiger partial charge in [-0.2, -0.15) is 0 Å². The number of carbonyl (C=O) groups excluding carboxylic acids is 1. The fourth-order valence-corrected chi connectivity index (χ4v) is 3.53. The number of rotatable bonds is 5. The van der Waals surface area contributed by atoms with Gasteiger partial charge in [-0.25, -0.2) is 9.37 Å². The summed E-state index contributed by atoms with van der Waals surface area (Å²) in [6, 6.07) is 4.46. The fourth-order valence-electron chi connectivity index (χ4n) is 3.53. The number of aryl methyl sites for hydroxylation is 1. The normalized spacial score (nSPS) is 20.6. The molecule has 0 saturated heterocycles. The molecule has 0 spiro atoms. The van der Waals surface area contributed by atoms with Crippen molar-refractivity contribution in [2.24, 2.45) is 18.9 Å². The van der Waals surface area contributed by atoms with Crippen LogP contribution in [0.15, 0.2) is 18.2 Å². The molecule has 2 N–H and O–H groups in total. The van der Waals surface area contributed by atoms with Gasteiger partial charge in [-0.1, -0.05) is 6.42 Å². The average molecular weight is 347 g/mol. The highest BCUT2D eigenvalue weighted by Crippen LogP contribution is 2.29. The van der Waals surface area contributed by atoms with Gasteiger partial charge in [-0.3, -0.25) is 9.59 Å². The zero-order chi connectivity index (χ0) is 18.0. The van der Waals surface area contributed by atoms with E-state index in [0.717, 1.165) is 29.7 Å². The van der Waals surface area contributed by atoms with Gasteiger partial charge in [0, 0.05) is 25.9 Å². The van der Waals surface area contributed by atoms with Crippen LogP contribution in [0.1, 0.15) is 31.5 Å². The molecule has 1 aromatic carbocycles. The van der Waals surface area contributed by atoms with Crippen molar-refractivity contribution in [3.63, 3.8) is 0 Å². The number of nitrogens with one attached hydrogen (secondary N) is 1. The lowest BCUT2D eigenvalue weighted by molar-refractivity contribution is -0.144. The van der Waals surface area contributed by atoms with Crippen molar-refractivity contribution >= 4 is 22.9 Å². The van der Waals surface area contributed by atoms with Gasteiger partial charge in [0.05, 0.1) is 17.0 Å². The third-order valence-corrected chi connectivity index (χ3v) is 4.98. The minimum Gasteiger partial charge on any atom is -0.481 e. The van der Waals surface area contributed by atoms with E-state index in [-0.39, 0.29) is 17.6 Å². The molecule has 6 nitrogen and oxygen atoms in total. The third kappa shape index (κ3) is 3.81. The van der Waals surface area contributed by atoms with Crippen molar-refractivity contribution in [2.75, 3.05) is 6.54 Å². The van der Waals surface area contributed by atoms with Gasteiger partial charge >= 0.3 is 5.97 Å². The zero-order valence-electron chi connectivity index (χ0n) is 14.2. The topological polar surface area (TPSA) is 84.2 Å². The summed E-state index contributed by atoms with van der Waals surface area (Å²) in [7, 11) is 1.82. The summed E-state index contributed by atoms with van der Waals surface area (Å²) in [6.07, 6.45) is 3.10. The number of fused-ring (bicyclic) bond motifs is 1. The van der Waals surface area contributed by atoms with Crippen LogP contribution in [0, 0.1) is 17.7 Å². The number of hydrogen-bond donors (Lipinski definition) is 2. The van der Waals surface area contributed by atoms with Crippen LogP contribution in [0.2, 0.25) is 0 Å². The second-order valence-electron chi connectivity index (χ2n) is 6.66. The predicted octanol–water partition coefficient (Wildman–Crippen LogP) is 2.26. The Morgan fingerprint density at radius 2 is 2.12 bits per heavy atom. The molecule has 1 saturated carbocycles. The summed E-state index contributed by atoms with van der Waals surface area (Å²) in [6.45, 7) is 0.423. The minimum atomic E-state index is -0.815. The summed E-state index contributed by atoms with van der Waals surface area (Å²) in [4.78, 5) is 27.8. The Kier molecular flexibility index (Phi) is 5.01. The maximum absolute atomic E-state index is 13.3. The maximum Gasteiger partial charge on any atom is 0.306 e. The number of carbonyl (C=O) groups is 2. The molecule has 25 heavy (non-hydrogen) atoms. The molecule has 2 aromatic rings. The predicted molar refractivity (Wildman–Crippen MR) is 90.5 cm³/mol. The van der Waals surface area contributed by atoms with Crippen LogP contribution in [-0.4, -0.2) is 33.1 Å². The lowest BCUT2D eigenvalue weighted by Gasteiger charge is -2.25. The zero-order valence-corrected chi connectivity index (χ0v) is 14.2. The number of halogens is 1. The molecule has 134 valence electrons.